The normalized spacial score (nSPS) is 29.1. The third-order valence-corrected chi connectivity index (χ3v) is 3.91. The summed E-state index contributed by atoms with van der Waals surface area (Å²) < 4.78 is 0. The van der Waals surface area contributed by atoms with Crippen LogP contribution in [0.2, 0.25) is 0 Å². The molecule has 94 valence electrons. The van der Waals surface area contributed by atoms with Gasteiger partial charge in [-0.2, -0.15) is 0 Å². The van der Waals surface area contributed by atoms with Crippen molar-refractivity contribution in [2.45, 2.75) is 18.8 Å². The largest absolute Gasteiger partial charge is 0.364 e. The molecule has 0 aromatic heterocycles. The fraction of sp³-hybridized carbons (Fsp3) is 0.333. The smallest absolute Gasteiger partial charge is 0.225 e. The molecule has 2 aliphatic rings. The van der Waals surface area contributed by atoms with E-state index >= 15 is 0 Å². The quantitative estimate of drug-likeness (QED) is 0.661. The maximum atomic E-state index is 11.9. The third kappa shape index (κ3) is 1.19. The number of nitrogens with one attached hydrogen (secondary N) is 1. The Labute approximate surface area is 110 Å². The molecule has 0 unspecified atom stereocenters. The lowest BCUT2D eigenvalue weighted by atomic mass is 10.0. The molecule has 0 bridgehead atoms. The standard InChI is InChI=1S/C12H13N3O2S/c1-7(16)15-9-6-4-3-5-8(9)12(17)10(15)14(2)11(18)13-12/h3-6,10,17H,1-2H3,(H,13,18)/t10-,12-/m0/s1. The molecule has 2 atom stereocenters. The minimum absolute atomic E-state index is 0.123. The molecule has 5 nitrogen and oxygen atoms in total. The van der Waals surface area contributed by atoms with Gasteiger partial charge in [-0.15, -0.1) is 0 Å². The maximum absolute atomic E-state index is 11.9. The summed E-state index contributed by atoms with van der Waals surface area (Å²) >= 11 is 5.15. The first-order valence-electron chi connectivity index (χ1n) is 5.63. The summed E-state index contributed by atoms with van der Waals surface area (Å²) in [5.41, 5.74) is 0.0740. The third-order valence-electron chi connectivity index (χ3n) is 3.52. The van der Waals surface area contributed by atoms with Gasteiger partial charge < -0.3 is 15.3 Å². The van der Waals surface area contributed by atoms with E-state index in [1.54, 1.807) is 22.9 Å². The van der Waals surface area contributed by atoms with Crippen LogP contribution in [0.25, 0.3) is 0 Å². The number of carbonyl (C=O) groups is 1. The van der Waals surface area contributed by atoms with Gasteiger partial charge in [0, 0.05) is 19.5 Å². The highest BCUT2D eigenvalue weighted by atomic mass is 32.1. The molecule has 1 aromatic carbocycles. The average molecular weight is 263 g/mol. The van der Waals surface area contributed by atoms with E-state index in [0.29, 0.717) is 10.7 Å². The summed E-state index contributed by atoms with van der Waals surface area (Å²) in [5, 5.41) is 14.1. The van der Waals surface area contributed by atoms with E-state index in [2.05, 4.69) is 5.32 Å². The monoisotopic (exact) mass is 263 g/mol. The van der Waals surface area contributed by atoms with E-state index in [1.165, 1.54) is 6.92 Å². The summed E-state index contributed by atoms with van der Waals surface area (Å²) in [6.07, 6.45) is -0.528. The molecule has 6 heteroatoms. The molecule has 2 aliphatic heterocycles. The van der Waals surface area contributed by atoms with E-state index in [1.807, 2.05) is 18.2 Å². The van der Waals surface area contributed by atoms with Crippen LogP contribution >= 0.6 is 12.2 Å². The number of amides is 1. The molecule has 1 fully saturated rings. The number of carbonyl (C=O) groups excluding carboxylic acids is 1. The van der Waals surface area contributed by atoms with Gasteiger partial charge >= 0.3 is 0 Å². The second-order valence-corrected chi connectivity index (χ2v) is 4.97. The number of thiocarbonyl (C=S) groups is 1. The van der Waals surface area contributed by atoms with Crippen molar-refractivity contribution >= 4 is 28.9 Å². The summed E-state index contributed by atoms with van der Waals surface area (Å²) in [6, 6.07) is 7.31. The minimum atomic E-state index is -1.33. The minimum Gasteiger partial charge on any atom is -0.364 e. The van der Waals surface area contributed by atoms with Crippen molar-refractivity contribution in [2.24, 2.45) is 0 Å². The highest BCUT2D eigenvalue weighted by molar-refractivity contribution is 7.80. The molecular formula is C12H13N3O2S. The van der Waals surface area contributed by atoms with E-state index in [9.17, 15) is 9.90 Å². The molecule has 0 spiro atoms. The highest BCUT2D eigenvalue weighted by Gasteiger charge is 2.58. The van der Waals surface area contributed by atoms with Crippen LogP contribution in [0.15, 0.2) is 24.3 Å². The first-order valence-corrected chi connectivity index (χ1v) is 6.04. The fourth-order valence-corrected chi connectivity index (χ4v) is 3.01. The number of benzene rings is 1. The number of anilines is 1. The highest BCUT2D eigenvalue weighted by Crippen LogP contribution is 2.45. The Morgan fingerprint density at radius 3 is 2.83 bits per heavy atom. The van der Waals surface area contributed by atoms with Gasteiger partial charge in [-0.1, -0.05) is 18.2 Å². The van der Waals surface area contributed by atoms with Crippen LogP contribution in [0.4, 0.5) is 5.69 Å². The van der Waals surface area contributed by atoms with Gasteiger partial charge in [-0.05, 0) is 18.3 Å². The zero-order chi connectivity index (χ0) is 13.1. The summed E-state index contributed by atoms with van der Waals surface area (Å²) in [6.45, 7) is 1.48. The van der Waals surface area contributed by atoms with Crippen molar-refractivity contribution in [1.82, 2.24) is 10.2 Å². The SMILES string of the molecule is CC(=O)N1c2ccccc2[C@@]2(O)NC(=S)N(C)[C@@H]12. The number of hydrogen-bond donors (Lipinski definition) is 2. The molecule has 0 aliphatic carbocycles. The Bertz CT molecular complexity index is 562. The zero-order valence-electron chi connectivity index (χ0n) is 10.0. The number of fused-ring (bicyclic) bond motifs is 3. The first kappa shape index (κ1) is 11.4. The summed E-state index contributed by atoms with van der Waals surface area (Å²) in [4.78, 5) is 15.1. The van der Waals surface area contributed by atoms with Gasteiger partial charge in [-0.3, -0.25) is 9.69 Å². The first-order chi connectivity index (χ1) is 8.47. The second kappa shape index (κ2) is 3.43. The van der Waals surface area contributed by atoms with Crippen LogP contribution in [0.1, 0.15) is 12.5 Å². The van der Waals surface area contributed by atoms with Crippen LogP contribution in [-0.2, 0) is 10.5 Å². The Balaban J connectivity index is 2.24. The van der Waals surface area contributed by atoms with E-state index in [0.717, 1.165) is 5.69 Å². The van der Waals surface area contributed by atoms with E-state index in [4.69, 9.17) is 12.2 Å². The van der Waals surface area contributed by atoms with Crippen molar-refractivity contribution in [3.05, 3.63) is 29.8 Å². The lowest BCUT2D eigenvalue weighted by Gasteiger charge is -2.30. The molecule has 2 N–H and O–H groups in total. The predicted molar refractivity (Wildman–Crippen MR) is 70.8 cm³/mol. The van der Waals surface area contributed by atoms with Crippen LogP contribution < -0.4 is 10.2 Å². The van der Waals surface area contributed by atoms with Crippen LogP contribution in [0, 0.1) is 0 Å². The topological polar surface area (TPSA) is 55.8 Å². The fourth-order valence-electron chi connectivity index (χ4n) is 2.75. The number of nitrogens with zero attached hydrogens (tertiary/aromatic N) is 2. The van der Waals surface area contributed by atoms with Crippen molar-refractivity contribution in [3.8, 4) is 0 Å². The van der Waals surface area contributed by atoms with Crippen LogP contribution in [0.5, 0.6) is 0 Å². The molecule has 2 heterocycles. The molecular weight excluding hydrogens is 250 g/mol. The van der Waals surface area contributed by atoms with Crippen molar-refractivity contribution in [1.29, 1.82) is 0 Å². The molecule has 0 radical (unpaired) electrons. The van der Waals surface area contributed by atoms with Crippen LogP contribution in [0.3, 0.4) is 0 Å². The van der Waals surface area contributed by atoms with E-state index < -0.39 is 11.9 Å². The van der Waals surface area contributed by atoms with Crippen molar-refractivity contribution < 1.29 is 9.90 Å². The lowest BCUT2D eigenvalue weighted by Crippen LogP contribution is -2.52. The predicted octanol–water partition coefficient (Wildman–Crippen LogP) is 0.344. The Kier molecular flexibility index (Phi) is 2.18. The molecule has 1 saturated heterocycles. The van der Waals surface area contributed by atoms with Gasteiger partial charge in [0.05, 0.1) is 5.69 Å². The van der Waals surface area contributed by atoms with Gasteiger partial charge in [0.2, 0.25) is 11.6 Å². The summed E-state index contributed by atoms with van der Waals surface area (Å²) in [5.74, 6) is -0.123. The van der Waals surface area contributed by atoms with Crippen LogP contribution in [-0.4, -0.2) is 34.2 Å². The van der Waals surface area contributed by atoms with Gasteiger partial charge in [0.25, 0.3) is 0 Å². The summed E-state index contributed by atoms with van der Waals surface area (Å²) in [7, 11) is 1.76. The number of aliphatic hydroxyl groups is 1. The number of para-hydroxylation sites is 1. The molecule has 0 saturated carbocycles. The molecule has 1 aromatic rings. The number of likely N-dealkylation sites (N-methyl/N-ethyl adjacent to an activating group) is 1. The zero-order valence-corrected chi connectivity index (χ0v) is 10.9. The average Bonchev–Trinajstić information content (AvgIpc) is 2.70. The number of rotatable bonds is 0. The molecule has 18 heavy (non-hydrogen) atoms. The second-order valence-electron chi connectivity index (χ2n) is 4.59. The van der Waals surface area contributed by atoms with Gasteiger partial charge in [0.1, 0.15) is 0 Å². The molecule has 3 rings (SSSR count). The maximum Gasteiger partial charge on any atom is 0.225 e. The molecule has 1 amide bonds. The van der Waals surface area contributed by atoms with Crippen molar-refractivity contribution in [3.63, 3.8) is 0 Å². The lowest BCUT2D eigenvalue weighted by molar-refractivity contribution is -0.119. The van der Waals surface area contributed by atoms with Crippen molar-refractivity contribution in [2.75, 3.05) is 11.9 Å². The Morgan fingerprint density at radius 1 is 1.50 bits per heavy atom. The van der Waals surface area contributed by atoms with E-state index in [-0.39, 0.29) is 5.91 Å². The Hall–Kier alpha value is -1.66. The Morgan fingerprint density at radius 2 is 2.17 bits per heavy atom. The van der Waals surface area contributed by atoms with Gasteiger partial charge in [-0.25, -0.2) is 0 Å². The number of hydrogen-bond acceptors (Lipinski definition) is 3. The van der Waals surface area contributed by atoms with Gasteiger partial charge in [0.15, 0.2) is 11.3 Å².